The van der Waals surface area contributed by atoms with Crippen LogP contribution in [0.5, 0.6) is 5.75 Å². The normalized spacial score (nSPS) is 13.3. The maximum absolute atomic E-state index is 11.6. The van der Waals surface area contributed by atoms with Gasteiger partial charge in [0.15, 0.2) is 6.61 Å². The standard InChI is InChI=1S/C13H16N2O4/c1-15(13(18)4-5-16)7-9-2-3-11-10(6-9)14-12(17)8-19-11/h2-3,6,16H,4-5,7-8H2,1H3,(H,14,17). The molecule has 1 aliphatic rings. The molecule has 0 unspecified atom stereocenters. The van der Waals surface area contributed by atoms with Gasteiger partial charge in [-0.15, -0.1) is 0 Å². The average Bonchev–Trinajstić information content (AvgIpc) is 2.38. The van der Waals surface area contributed by atoms with E-state index in [1.54, 1.807) is 19.2 Å². The number of carbonyl (C=O) groups excluding carboxylic acids is 2. The van der Waals surface area contributed by atoms with Crippen molar-refractivity contribution in [1.29, 1.82) is 0 Å². The average molecular weight is 264 g/mol. The van der Waals surface area contributed by atoms with Crippen LogP contribution in [0.3, 0.4) is 0 Å². The van der Waals surface area contributed by atoms with Crippen LogP contribution in [0.15, 0.2) is 18.2 Å². The summed E-state index contributed by atoms with van der Waals surface area (Å²) < 4.78 is 5.26. The minimum absolute atomic E-state index is 0.0290. The number of aliphatic hydroxyl groups is 1. The van der Waals surface area contributed by atoms with E-state index in [9.17, 15) is 9.59 Å². The largest absolute Gasteiger partial charge is 0.482 e. The molecule has 2 N–H and O–H groups in total. The van der Waals surface area contributed by atoms with Crippen LogP contribution >= 0.6 is 0 Å². The van der Waals surface area contributed by atoms with Crippen molar-refractivity contribution in [2.24, 2.45) is 0 Å². The van der Waals surface area contributed by atoms with Gasteiger partial charge >= 0.3 is 0 Å². The molecule has 1 aromatic rings. The Morgan fingerprint density at radius 1 is 1.53 bits per heavy atom. The number of hydrogen-bond acceptors (Lipinski definition) is 4. The molecule has 102 valence electrons. The number of amides is 2. The molecule has 0 radical (unpaired) electrons. The van der Waals surface area contributed by atoms with Crippen LogP contribution in [0.1, 0.15) is 12.0 Å². The molecule has 2 rings (SSSR count). The van der Waals surface area contributed by atoms with Crippen molar-refractivity contribution in [1.82, 2.24) is 4.90 Å². The number of ether oxygens (including phenoxy) is 1. The third-order valence-corrected chi connectivity index (χ3v) is 2.85. The summed E-state index contributed by atoms with van der Waals surface area (Å²) in [7, 11) is 1.67. The molecule has 1 aromatic carbocycles. The molecule has 0 aliphatic carbocycles. The van der Waals surface area contributed by atoms with Crippen LogP contribution in [-0.4, -0.2) is 42.1 Å². The van der Waals surface area contributed by atoms with Gasteiger partial charge in [-0.05, 0) is 17.7 Å². The van der Waals surface area contributed by atoms with Gasteiger partial charge in [0.2, 0.25) is 5.91 Å². The fourth-order valence-electron chi connectivity index (χ4n) is 1.88. The number of nitrogens with one attached hydrogen (secondary N) is 1. The minimum atomic E-state index is -0.186. The lowest BCUT2D eigenvalue weighted by atomic mass is 10.1. The Morgan fingerprint density at radius 2 is 2.32 bits per heavy atom. The highest BCUT2D eigenvalue weighted by Gasteiger charge is 2.16. The lowest BCUT2D eigenvalue weighted by Gasteiger charge is -2.21. The van der Waals surface area contributed by atoms with E-state index in [1.165, 1.54) is 4.90 Å². The van der Waals surface area contributed by atoms with E-state index in [0.717, 1.165) is 5.56 Å². The molecule has 6 nitrogen and oxygen atoms in total. The van der Waals surface area contributed by atoms with Gasteiger partial charge in [0.1, 0.15) is 5.75 Å². The van der Waals surface area contributed by atoms with Gasteiger partial charge in [0.25, 0.3) is 5.91 Å². The summed E-state index contributed by atoms with van der Waals surface area (Å²) in [4.78, 5) is 24.3. The number of fused-ring (bicyclic) bond motifs is 1. The highest BCUT2D eigenvalue weighted by molar-refractivity contribution is 5.95. The Labute approximate surface area is 111 Å². The van der Waals surface area contributed by atoms with Gasteiger partial charge in [-0.1, -0.05) is 6.07 Å². The van der Waals surface area contributed by atoms with Crippen LogP contribution in [0.4, 0.5) is 5.69 Å². The van der Waals surface area contributed by atoms with Gasteiger partial charge in [-0.3, -0.25) is 9.59 Å². The topological polar surface area (TPSA) is 78.9 Å². The van der Waals surface area contributed by atoms with Crippen molar-refractivity contribution in [2.75, 3.05) is 25.6 Å². The van der Waals surface area contributed by atoms with Crippen molar-refractivity contribution >= 4 is 17.5 Å². The van der Waals surface area contributed by atoms with E-state index >= 15 is 0 Å². The predicted octanol–water partition coefficient (Wildman–Crippen LogP) is 0.358. The van der Waals surface area contributed by atoms with Crippen molar-refractivity contribution < 1.29 is 19.4 Å². The summed E-state index contributed by atoms with van der Waals surface area (Å²) >= 11 is 0. The predicted molar refractivity (Wildman–Crippen MR) is 68.7 cm³/mol. The molecule has 0 spiro atoms. The number of benzene rings is 1. The summed E-state index contributed by atoms with van der Waals surface area (Å²) in [5.74, 6) is 0.322. The number of carbonyl (C=O) groups is 2. The Kier molecular flexibility index (Phi) is 4.01. The first-order valence-corrected chi connectivity index (χ1v) is 6.00. The van der Waals surface area contributed by atoms with Crippen molar-refractivity contribution in [3.05, 3.63) is 23.8 Å². The molecule has 0 bridgehead atoms. The van der Waals surface area contributed by atoms with Crippen molar-refractivity contribution in [3.8, 4) is 5.75 Å². The Hall–Kier alpha value is -2.08. The molecular formula is C13H16N2O4. The molecule has 0 atom stereocenters. The zero-order chi connectivity index (χ0) is 13.8. The Bertz CT molecular complexity index is 501. The smallest absolute Gasteiger partial charge is 0.262 e. The second-order valence-electron chi connectivity index (χ2n) is 4.39. The first kappa shape index (κ1) is 13.4. The fourth-order valence-corrected chi connectivity index (χ4v) is 1.88. The second-order valence-corrected chi connectivity index (χ2v) is 4.39. The lowest BCUT2D eigenvalue weighted by Crippen LogP contribution is -2.27. The molecule has 0 aromatic heterocycles. The molecule has 2 amide bonds. The van der Waals surface area contributed by atoms with Gasteiger partial charge in [-0.2, -0.15) is 0 Å². The molecular weight excluding hydrogens is 248 g/mol. The summed E-state index contributed by atoms with van der Waals surface area (Å²) in [6.45, 7) is 0.292. The van der Waals surface area contributed by atoms with Gasteiger partial charge in [0.05, 0.1) is 12.3 Å². The molecule has 0 fully saturated rings. The molecule has 1 aliphatic heterocycles. The molecule has 19 heavy (non-hydrogen) atoms. The van der Waals surface area contributed by atoms with E-state index in [2.05, 4.69) is 5.32 Å². The third-order valence-electron chi connectivity index (χ3n) is 2.85. The fraction of sp³-hybridized carbons (Fsp3) is 0.385. The Balaban J connectivity index is 2.07. The van der Waals surface area contributed by atoms with Crippen LogP contribution < -0.4 is 10.1 Å². The second kappa shape index (κ2) is 5.71. The molecule has 0 saturated carbocycles. The van der Waals surface area contributed by atoms with Crippen LogP contribution in [0, 0.1) is 0 Å². The molecule has 6 heteroatoms. The maximum atomic E-state index is 11.6. The zero-order valence-corrected chi connectivity index (χ0v) is 10.7. The van der Waals surface area contributed by atoms with Crippen molar-refractivity contribution in [2.45, 2.75) is 13.0 Å². The quantitative estimate of drug-likeness (QED) is 0.823. The first-order valence-electron chi connectivity index (χ1n) is 6.00. The van der Waals surface area contributed by atoms with E-state index in [0.29, 0.717) is 18.0 Å². The van der Waals surface area contributed by atoms with Gasteiger partial charge < -0.3 is 20.1 Å². The Morgan fingerprint density at radius 3 is 3.05 bits per heavy atom. The SMILES string of the molecule is CN(Cc1ccc2c(c1)NC(=O)CO2)C(=O)CCO. The van der Waals surface area contributed by atoms with E-state index < -0.39 is 0 Å². The number of anilines is 1. The third kappa shape index (κ3) is 3.23. The first-order chi connectivity index (χ1) is 9.10. The highest BCUT2D eigenvalue weighted by atomic mass is 16.5. The van der Waals surface area contributed by atoms with Crippen LogP contribution in [0.2, 0.25) is 0 Å². The molecule has 1 heterocycles. The van der Waals surface area contributed by atoms with Gasteiger partial charge in [0, 0.05) is 20.0 Å². The number of hydrogen-bond donors (Lipinski definition) is 2. The van der Waals surface area contributed by atoms with Crippen LogP contribution in [-0.2, 0) is 16.1 Å². The lowest BCUT2D eigenvalue weighted by molar-refractivity contribution is -0.131. The summed E-state index contributed by atoms with van der Waals surface area (Å²) in [5, 5.41) is 11.4. The van der Waals surface area contributed by atoms with Crippen LogP contribution in [0.25, 0.3) is 0 Å². The number of rotatable bonds is 4. The van der Waals surface area contributed by atoms with Gasteiger partial charge in [-0.25, -0.2) is 0 Å². The monoisotopic (exact) mass is 264 g/mol. The van der Waals surface area contributed by atoms with Crippen molar-refractivity contribution in [3.63, 3.8) is 0 Å². The van der Waals surface area contributed by atoms with E-state index in [-0.39, 0.29) is 31.4 Å². The maximum Gasteiger partial charge on any atom is 0.262 e. The highest BCUT2D eigenvalue weighted by Crippen LogP contribution is 2.28. The van der Waals surface area contributed by atoms with E-state index in [1.807, 2.05) is 6.07 Å². The van der Waals surface area contributed by atoms with E-state index in [4.69, 9.17) is 9.84 Å². The summed E-state index contributed by atoms with van der Waals surface area (Å²) in [6, 6.07) is 5.41. The summed E-state index contributed by atoms with van der Waals surface area (Å²) in [6.07, 6.45) is 0.112. The zero-order valence-electron chi connectivity index (χ0n) is 10.7. The minimum Gasteiger partial charge on any atom is -0.482 e. The number of aliphatic hydroxyl groups excluding tert-OH is 1. The number of nitrogens with zero attached hydrogens (tertiary/aromatic N) is 1. The molecule has 0 saturated heterocycles. The summed E-state index contributed by atoms with van der Waals surface area (Å²) in [5.41, 5.74) is 1.51.